The molecule has 2 rings (SSSR count). The van der Waals surface area contributed by atoms with Gasteiger partial charge in [-0.1, -0.05) is 11.6 Å². The molecular formula is C12H16ClN3O2S. The first-order valence-corrected chi connectivity index (χ1v) is 8.03. The minimum absolute atomic E-state index is 0.0176. The van der Waals surface area contributed by atoms with Gasteiger partial charge in [0.25, 0.3) is 0 Å². The lowest BCUT2D eigenvalue weighted by atomic mass is 10.4. The Hall–Kier alpha value is -1.27. The normalized spacial score (nSPS) is 18.8. The van der Waals surface area contributed by atoms with Crippen LogP contribution in [0.2, 0.25) is 5.02 Å². The van der Waals surface area contributed by atoms with Crippen molar-refractivity contribution in [1.82, 2.24) is 10.6 Å². The fraction of sp³-hybridized carbons (Fsp3) is 0.417. The Labute approximate surface area is 118 Å². The van der Waals surface area contributed by atoms with Gasteiger partial charge >= 0.3 is 0 Å². The first-order valence-electron chi connectivity index (χ1n) is 6.00. The molecular weight excluding hydrogens is 286 g/mol. The van der Waals surface area contributed by atoms with Crippen molar-refractivity contribution in [2.24, 2.45) is 4.99 Å². The maximum Gasteiger partial charge on any atom is 0.191 e. The van der Waals surface area contributed by atoms with Crippen molar-refractivity contribution in [1.29, 1.82) is 0 Å². The van der Waals surface area contributed by atoms with Gasteiger partial charge in [-0.3, -0.25) is 4.99 Å². The third kappa shape index (κ3) is 3.84. The molecule has 0 radical (unpaired) electrons. The van der Waals surface area contributed by atoms with E-state index in [4.69, 9.17) is 11.6 Å². The van der Waals surface area contributed by atoms with E-state index >= 15 is 0 Å². The fourth-order valence-corrected chi connectivity index (χ4v) is 3.01. The van der Waals surface area contributed by atoms with Crippen molar-refractivity contribution < 1.29 is 8.42 Å². The minimum Gasteiger partial charge on any atom is -0.355 e. The molecule has 1 heterocycles. The summed E-state index contributed by atoms with van der Waals surface area (Å²) < 4.78 is 24.1. The van der Waals surface area contributed by atoms with Crippen LogP contribution in [0.4, 0.5) is 0 Å². The predicted octanol–water partition coefficient (Wildman–Crippen LogP) is 1.05. The molecule has 0 aliphatic carbocycles. The molecule has 0 amide bonds. The Bertz CT molecular complexity index is 569. The molecule has 1 aliphatic heterocycles. The van der Waals surface area contributed by atoms with E-state index in [1.807, 2.05) is 6.92 Å². The second kappa shape index (κ2) is 5.79. The largest absolute Gasteiger partial charge is 0.355 e. The van der Waals surface area contributed by atoms with Crippen LogP contribution in [-0.2, 0) is 9.84 Å². The van der Waals surface area contributed by atoms with Crippen LogP contribution in [0.15, 0.2) is 34.2 Å². The summed E-state index contributed by atoms with van der Waals surface area (Å²) in [5.74, 6) is 0.683. The second-order valence-corrected chi connectivity index (χ2v) is 6.98. The molecule has 1 aromatic carbocycles. The molecule has 0 aromatic heterocycles. The van der Waals surface area contributed by atoms with E-state index in [-0.39, 0.29) is 10.6 Å². The minimum atomic E-state index is -3.29. The van der Waals surface area contributed by atoms with E-state index in [2.05, 4.69) is 15.6 Å². The first kappa shape index (κ1) is 14.1. The van der Waals surface area contributed by atoms with Crippen LogP contribution in [0.5, 0.6) is 0 Å². The molecule has 0 fully saturated rings. The van der Waals surface area contributed by atoms with E-state index in [0.717, 1.165) is 0 Å². The summed E-state index contributed by atoms with van der Waals surface area (Å²) in [6, 6.07) is 6.49. The lowest BCUT2D eigenvalue weighted by molar-refractivity contribution is 0.594. The van der Waals surface area contributed by atoms with Crippen molar-refractivity contribution in [2.75, 3.05) is 18.8 Å². The van der Waals surface area contributed by atoms with Gasteiger partial charge in [-0.05, 0) is 31.2 Å². The average molecular weight is 302 g/mol. The molecule has 5 nitrogen and oxygen atoms in total. The topological polar surface area (TPSA) is 70.6 Å². The molecule has 0 spiro atoms. The van der Waals surface area contributed by atoms with Gasteiger partial charge in [0.05, 0.1) is 17.2 Å². The smallest absolute Gasteiger partial charge is 0.191 e. The van der Waals surface area contributed by atoms with E-state index in [1.165, 1.54) is 12.1 Å². The zero-order chi connectivity index (χ0) is 13.9. The number of rotatable bonds is 4. The highest BCUT2D eigenvalue weighted by Crippen LogP contribution is 2.15. The molecule has 1 atom stereocenters. The van der Waals surface area contributed by atoms with Crippen LogP contribution in [0.25, 0.3) is 0 Å². The quantitative estimate of drug-likeness (QED) is 0.872. The molecule has 0 saturated heterocycles. The lowest BCUT2D eigenvalue weighted by Gasteiger charge is -2.09. The van der Waals surface area contributed by atoms with E-state index < -0.39 is 9.84 Å². The van der Waals surface area contributed by atoms with Crippen molar-refractivity contribution in [3.63, 3.8) is 0 Å². The molecule has 1 aromatic rings. The molecule has 0 saturated carbocycles. The monoisotopic (exact) mass is 301 g/mol. The third-order valence-electron chi connectivity index (χ3n) is 2.74. The zero-order valence-electron chi connectivity index (χ0n) is 10.6. The Balaban J connectivity index is 1.89. The number of nitrogens with one attached hydrogen (secondary N) is 2. The van der Waals surface area contributed by atoms with Gasteiger partial charge < -0.3 is 10.6 Å². The Kier molecular flexibility index (Phi) is 4.31. The van der Waals surface area contributed by atoms with Crippen LogP contribution in [0, 0.1) is 0 Å². The van der Waals surface area contributed by atoms with Gasteiger partial charge in [0.15, 0.2) is 15.8 Å². The summed E-state index contributed by atoms with van der Waals surface area (Å²) in [4.78, 5) is 4.49. The molecule has 1 unspecified atom stereocenters. The number of guanidine groups is 1. The average Bonchev–Trinajstić information content (AvgIpc) is 2.75. The van der Waals surface area contributed by atoms with Crippen LogP contribution in [0.3, 0.4) is 0 Å². The number of hydrogen-bond donors (Lipinski definition) is 2. The predicted molar refractivity (Wildman–Crippen MR) is 76.4 cm³/mol. The highest BCUT2D eigenvalue weighted by atomic mass is 35.5. The number of nitrogens with zero attached hydrogens (tertiary/aromatic N) is 1. The van der Waals surface area contributed by atoms with Crippen molar-refractivity contribution in [3.05, 3.63) is 29.3 Å². The van der Waals surface area contributed by atoms with Gasteiger partial charge in [0, 0.05) is 17.6 Å². The van der Waals surface area contributed by atoms with Crippen LogP contribution >= 0.6 is 11.6 Å². The number of benzene rings is 1. The number of halogens is 1. The van der Waals surface area contributed by atoms with Gasteiger partial charge in [-0.25, -0.2) is 8.42 Å². The standard InChI is InChI=1S/C12H16ClN3O2S/c1-9-8-15-12(16-9)14-6-7-19(17,18)11-4-2-10(13)3-5-11/h2-5,9H,6-8H2,1H3,(H2,14,15,16). The van der Waals surface area contributed by atoms with Crippen LogP contribution in [-0.4, -0.2) is 39.3 Å². The van der Waals surface area contributed by atoms with E-state index in [0.29, 0.717) is 30.1 Å². The molecule has 19 heavy (non-hydrogen) atoms. The van der Waals surface area contributed by atoms with Gasteiger partial charge in [-0.2, -0.15) is 0 Å². The number of sulfone groups is 1. The molecule has 0 bridgehead atoms. The summed E-state index contributed by atoms with van der Waals surface area (Å²) in [5.41, 5.74) is 0. The lowest BCUT2D eigenvalue weighted by Crippen LogP contribution is -2.39. The number of hydrogen-bond acceptors (Lipinski definition) is 5. The van der Waals surface area contributed by atoms with Gasteiger partial charge in [-0.15, -0.1) is 0 Å². The maximum absolute atomic E-state index is 12.0. The summed E-state index contributed by atoms with van der Waals surface area (Å²) in [6.07, 6.45) is 0. The van der Waals surface area contributed by atoms with Crippen molar-refractivity contribution in [2.45, 2.75) is 17.9 Å². The van der Waals surface area contributed by atoms with Crippen LogP contribution in [0.1, 0.15) is 6.92 Å². The molecule has 2 N–H and O–H groups in total. The summed E-state index contributed by atoms with van der Waals surface area (Å²) in [5, 5.41) is 6.62. The highest BCUT2D eigenvalue weighted by molar-refractivity contribution is 7.91. The maximum atomic E-state index is 12.0. The van der Waals surface area contributed by atoms with Crippen molar-refractivity contribution >= 4 is 27.4 Å². The summed E-state index contributed by atoms with van der Waals surface area (Å²) in [7, 11) is -3.29. The number of aliphatic imine (C=N–C) groups is 1. The Morgan fingerprint density at radius 1 is 1.42 bits per heavy atom. The van der Waals surface area contributed by atoms with Gasteiger partial charge in [0.1, 0.15) is 0 Å². The zero-order valence-corrected chi connectivity index (χ0v) is 12.1. The second-order valence-electron chi connectivity index (χ2n) is 4.43. The third-order valence-corrected chi connectivity index (χ3v) is 4.73. The fourth-order valence-electron chi connectivity index (χ4n) is 1.72. The highest BCUT2D eigenvalue weighted by Gasteiger charge is 2.16. The Morgan fingerprint density at radius 2 is 2.11 bits per heavy atom. The van der Waals surface area contributed by atoms with Gasteiger partial charge in [0.2, 0.25) is 0 Å². The van der Waals surface area contributed by atoms with Crippen molar-refractivity contribution in [3.8, 4) is 0 Å². The summed E-state index contributed by atoms with van der Waals surface area (Å²) >= 11 is 5.73. The van der Waals surface area contributed by atoms with E-state index in [1.54, 1.807) is 12.1 Å². The molecule has 1 aliphatic rings. The molecule has 7 heteroatoms. The Morgan fingerprint density at radius 3 is 2.68 bits per heavy atom. The van der Waals surface area contributed by atoms with Crippen LogP contribution < -0.4 is 10.6 Å². The van der Waals surface area contributed by atoms with E-state index in [9.17, 15) is 8.42 Å². The summed E-state index contributed by atoms with van der Waals surface area (Å²) in [6.45, 7) is 3.05. The SMILES string of the molecule is CC1CN=C(NCCS(=O)(=O)c2ccc(Cl)cc2)N1. The molecule has 104 valence electrons. The first-order chi connectivity index (χ1) is 8.97.